The fraction of sp³-hybridized carbons (Fsp3) is 0.500. The van der Waals surface area contributed by atoms with Crippen LogP contribution < -0.4 is 10.1 Å². The third-order valence-electron chi connectivity index (χ3n) is 3.24. The minimum atomic E-state index is -0.948. The van der Waals surface area contributed by atoms with E-state index in [1.807, 2.05) is 6.07 Å². The van der Waals surface area contributed by atoms with E-state index in [1.165, 1.54) is 0 Å². The number of rotatable bonds is 4. The predicted molar refractivity (Wildman–Crippen MR) is 69.8 cm³/mol. The lowest BCUT2D eigenvalue weighted by Gasteiger charge is -2.13. The fourth-order valence-electron chi connectivity index (χ4n) is 1.76. The van der Waals surface area contributed by atoms with Crippen molar-refractivity contribution in [2.24, 2.45) is 5.41 Å². The topological polar surface area (TPSA) is 51.2 Å². The van der Waals surface area contributed by atoms with Gasteiger partial charge in [-0.25, -0.2) is 4.98 Å². The second kappa shape index (κ2) is 4.59. The molecule has 1 heterocycles. The van der Waals surface area contributed by atoms with Crippen LogP contribution in [0.3, 0.4) is 0 Å². The maximum Gasteiger partial charge on any atom is 0.229 e. The first-order valence-corrected chi connectivity index (χ1v) is 6.30. The van der Waals surface area contributed by atoms with Crippen molar-refractivity contribution in [2.45, 2.75) is 24.2 Å². The Hall–Kier alpha value is -1.000. The number of amides is 1. The SMILES string of the molecule is COc1ncccc1CNC(=O)C1(C)CC1(Cl)Cl. The van der Waals surface area contributed by atoms with E-state index in [2.05, 4.69) is 10.3 Å². The van der Waals surface area contributed by atoms with Gasteiger partial charge in [-0.05, 0) is 19.4 Å². The average molecular weight is 289 g/mol. The number of alkyl halides is 2. The maximum absolute atomic E-state index is 12.0. The van der Waals surface area contributed by atoms with Gasteiger partial charge < -0.3 is 10.1 Å². The lowest BCUT2D eigenvalue weighted by molar-refractivity contribution is -0.125. The van der Waals surface area contributed by atoms with Gasteiger partial charge in [0.05, 0.1) is 12.5 Å². The molecule has 0 aliphatic heterocycles. The van der Waals surface area contributed by atoms with Crippen LogP contribution in [0.15, 0.2) is 18.3 Å². The fourth-order valence-corrected chi connectivity index (χ4v) is 2.47. The number of carbonyl (C=O) groups is 1. The molecule has 0 saturated heterocycles. The van der Waals surface area contributed by atoms with Crippen LogP contribution in [0.25, 0.3) is 0 Å². The van der Waals surface area contributed by atoms with Crippen molar-refractivity contribution in [3.05, 3.63) is 23.9 Å². The van der Waals surface area contributed by atoms with E-state index in [4.69, 9.17) is 27.9 Å². The summed E-state index contributed by atoms with van der Waals surface area (Å²) in [4.78, 5) is 16.0. The normalized spacial score (nSPS) is 24.4. The number of ether oxygens (including phenoxy) is 1. The van der Waals surface area contributed by atoms with Crippen LogP contribution >= 0.6 is 23.2 Å². The molecule has 18 heavy (non-hydrogen) atoms. The van der Waals surface area contributed by atoms with Gasteiger partial charge in [0.25, 0.3) is 0 Å². The summed E-state index contributed by atoms with van der Waals surface area (Å²) in [7, 11) is 1.54. The van der Waals surface area contributed by atoms with E-state index < -0.39 is 9.75 Å². The van der Waals surface area contributed by atoms with E-state index >= 15 is 0 Å². The van der Waals surface area contributed by atoms with Crippen LogP contribution in [-0.4, -0.2) is 22.3 Å². The summed E-state index contributed by atoms with van der Waals surface area (Å²) < 4.78 is 4.16. The summed E-state index contributed by atoms with van der Waals surface area (Å²) in [5.41, 5.74) is 0.110. The summed E-state index contributed by atoms with van der Waals surface area (Å²) in [6.45, 7) is 2.10. The van der Waals surface area contributed by atoms with Gasteiger partial charge in [0.1, 0.15) is 4.33 Å². The number of nitrogens with zero attached hydrogens (tertiary/aromatic N) is 1. The molecule has 6 heteroatoms. The minimum absolute atomic E-state index is 0.154. The van der Waals surface area contributed by atoms with Crippen molar-refractivity contribution in [3.8, 4) is 5.88 Å². The quantitative estimate of drug-likeness (QED) is 0.865. The number of carbonyl (C=O) groups excluding carboxylic acids is 1. The molecule has 1 N–H and O–H groups in total. The van der Waals surface area contributed by atoms with Crippen LogP contribution in [0, 0.1) is 5.41 Å². The molecule has 0 bridgehead atoms. The van der Waals surface area contributed by atoms with Crippen LogP contribution in [0.5, 0.6) is 5.88 Å². The minimum Gasteiger partial charge on any atom is -0.481 e. The predicted octanol–water partition coefficient (Wildman–Crippen LogP) is 2.29. The van der Waals surface area contributed by atoms with Crippen LogP contribution in [0.2, 0.25) is 0 Å². The van der Waals surface area contributed by atoms with Crippen molar-refractivity contribution in [1.82, 2.24) is 10.3 Å². The van der Waals surface area contributed by atoms with Crippen molar-refractivity contribution < 1.29 is 9.53 Å². The summed E-state index contributed by atoms with van der Waals surface area (Å²) in [6, 6.07) is 3.63. The van der Waals surface area contributed by atoms with Crippen molar-refractivity contribution in [1.29, 1.82) is 0 Å². The molecule has 0 radical (unpaired) electrons. The van der Waals surface area contributed by atoms with Gasteiger partial charge >= 0.3 is 0 Å². The van der Waals surface area contributed by atoms with Gasteiger partial charge in [-0.1, -0.05) is 6.07 Å². The molecule has 1 atom stereocenters. The molecule has 1 aliphatic rings. The molecule has 1 aromatic heterocycles. The molecule has 1 aliphatic carbocycles. The Morgan fingerprint density at radius 3 is 2.83 bits per heavy atom. The Labute approximate surface area is 116 Å². The molecular formula is C12H14Cl2N2O2. The highest BCUT2D eigenvalue weighted by molar-refractivity contribution is 6.53. The van der Waals surface area contributed by atoms with Gasteiger partial charge in [-0.15, -0.1) is 23.2 Å². The summed E-state index contributed by atoms with van der Waals surface area (Å²) in [6.07, 6.45) is 2.11. The van der Waals surface area contributed by atoms with E-state index in [0.717, 1.165) is 5.56 Å². The second-order valence-electron chi connectivity index (χ2n) is 4.57. The summed E-state index contributed by atoms with van der Waals surface area (Å²) in [5, 5.41) is 2.80. The Kier molecular flexibility index (Phi) is 3.43. The summed E-state index contributed by atoms with van der Waals surface area (Å²) >= 11 is 11.9. The highest BCUT2D eigenvalue weighted by atomic mass is 35.5. The maximum atomic E-state index is 12.0. The van der Waals surface area contributed by atoms with E-state index in [9.17, 15) is 4.79 Å². The van der Waals surface area contributed by atoms with Crippen LogP contribution in [-0.2, 0) is 11.3 Å². The highest BCUT2D eigenvalue weighted by Gasteiger charge is 2.67. The standard InChI is InChI=1S/C12H14Cl2N2O2/c1-11(7-12(11,13)14)10(17)16-6-8-4-3-5-15-9(8)18-2/h3-5H,6-7H2,1-2H3,(H,16,17). The molecular weight excluding hydrogens is 275 g/mol. The molecule has 0 aromatic carbocycles. The molecule has 4 nitrogen and oxygen atoms in total. The number of hydrogen-bond acceptors (Lipinski definition) is 3. The highest BCUT2D eigenvalue weighted by Crippen LogP contribution is 2.63. The Morgan fingerprint density at radius 1 is 1.61 bits per heavy atom. The zero-order valence-corrected chi connectivity index (χ0v) is 11.7. The molecule has 1 aromatic rings. The zero-order chi connectivity index (χ0) is 13.4. The Morgan fingerprint density at radius 2 is 2.28 bits per heavy atom. The molecule has 1 unspecified atom stereocenters. The Bertz CT molecular complexity index is 479. The van der Waals surface area contributed by atoms with E-state index in [1.54, 1.807) is 26.3 Å². The number of hydrogen-bond donors (Lipinski definition) is 1. The number of methoxy groups -OCH3 is 1. The monoisotopic (exact) mass is 288 g/mol. The van der Waals surface area contributed by atoms with Crippen molar-refractivity contribution in [3.63, 3.8) is 0 Å². The number of pyridine rings is 1. The third kappa shape index (κ3) is 2.27. The smallest absolute Gasteiger partial charge is 0.229 e. The molecule has 1 fully saturated rings. The van der Waals surface area contributed by atoms with E-state index in [0.29, 0.717) is 18.8 Å². The van der Waals surface area contributed by atoms with Gasteiger partial charge in [0, 0.05) is 18.3 Å². The molecule has 1 amide bonds. The van der Waals surface area contributed by atoms with Crippen molar-refractivity contribution >= 4 is 29.1 Å². The van der Waals surface area contributed by atoms with E-state index in [-0.39, 0.29) is 5.91 Å². The Balaban J connectivity index is 1.99. The number of nitrogens with one attached hydrogen (secondary N) is 1. The first kappa shape index (κ1) is 13.4. The zero-order valence-electron chi connectivity index (χ0n) is 10.2. The molecule has 0 spiro atoms. The third-order valence-corrected chi connectivity index (χ3v) is 4.34. The van der Waals surface area contributed by atoms with Crippen LogP contribution in [0.1, 0.15) is 18.9 Å². The molecule has 1 saturated carbocycles. The molecule has 98 valence electrons. The first-order chi connectivity index (χ1) is 8.40. The van der Waals surface area contributed by atoms with Gasteiger partial charge in [-0.2, -0.15) is 0 Å². The van der Waals surface area contributed by atoms with Gasteiger partial charge in [0.2, 0.25) is 11.8 Å². The summed E-state index contributed by atoms with van der Waals surface area (Å²) in [5.74, 6) is 0.347. The molecule has 2 rings (SSSR count). The van der Waals surface area contributed by atoms with Crippen molar-refractivity contribution in [2.75, 3.05) is 7.11 Å². The first-order valence-electron chi connectivity index (χ1n) is 5.55. The lowest BCUT2D eigenvalue weighted by Crippen LogP contribution is -2.32. The lowest BCUT2D eigenvalue weighted by atomic mass is 10.1. The second-order valence-corrected chi connectivity index (χ2v) is 6.05. The number of halogens is 2. The largest absolute Gasteiger partial charge is 0.481 e. The van der Waals surface area contributed by atoms with Gasteiger partial charge in [-0.3, -0.25) is 4.79 Å². The van der Waals surface area contributed by atoms with Crippen LogP contribution in [0.4, 0.5) is 0 Å². The average Bonchev–Trinajstić information content (AvgIpc) is 2.87. The van der Waals surface area contributed by atoms with Gasteiger partial charge in [0.15, 0.2) is 0 Å². The number of aromatic nitrogens is 1.